The molecule has 0 saturated heterocycles. The summed E-state index contributed by atoms with van der Waals surface area (Å²) in [5.41, 5.74) is 4.50. The van der Waals surface area contributed by atoms with E-state index in [1.54, 1.807) is 11.8 Å². The highest BCUT2D eigenvalue weighted by atomic mass is 32.2. The van der Waals surface area contributed by atoms with E-state index in [1.165, 1.54) is 10.6 Å². The van der Waals surface area contributed by atoms with Gasteiger partial charge in [-0.15, -0.1) is 0 Å². The summed E-state index contributed by atoms with van der Waals surface area (Å²) in [6, 6.07) is 12.9. The summed E-state index contributed by atoms with van der Waals surface area (Å²) in [4.78, 5) is 27.8. The van der Waals surface area contributed by atoms with Gasteiger partial charge in [-0.05, 0) is 62.8 Å². The van der Waals surface area contributed by atoms with Crippen molar-refractivity contribution in [2.24, 2.45) is 5.92 Å². The molecule has 0 radical (unpaired) electrons. The summed E-state index contributed by atoms with van der Waals surface area (Å²) >= 11 is 0. The lowest BCUT2D eigenvalue weighted by Crippen LogP contribution is -2.48. The number of nitrogens with zero attached hydrogens (tertiary/aromatic N) is 2. The third-order valence-corrected chi connectivity index (χ3v) is 7.29. The molecule has 2 rings (SSSR count). The van der Waals surface area contributed by atoms with Crippen LogP contribution >= 0.6 is 0 Å². The summed E-state index contributed by atoms with van der Waals surface area (Å²) in [6.45, 7) is 12.6. The second-order valence-electron chi connectivity index (χ2n) is 10.1. The molecule has 8 heteroatoms. The number of hydrogen-bond donors (Lipinski definition) is 1. The molecule has 2 amide bonds. The van der Waals surface area contributed by atoms with E-state index in [2.05, 4.69) is 5.32 Å². The first kappa shape index (κ1) is 29.4. The highest BCUT2D eigenvalue weighted by Crippen LogP contribution is 2.24. The maximum absolute atomic E-state index is 13.4. The summed E-state index contributed by atoms with van der Waals surface area (Å²) in [6.07, 6.45) is 1.65. The van der Waals surface area contributed by atoms with E-state index in [0.29, 0.717) is 31.1 Å². The van der Waals surface area contributed by atoms with Crippen LogP contribution in [0.15, 0.2) is 42.5 Å². The van der Waals surface area contributed by atoms with Crippen LogP contribution in [0.25, 0.3) is 0 Å². The molecule has 0 bridgehead atoms. The van der Waals surface area contributed by atoms with Crippen molar-refractivity contribution in [3.05, 3.63) is 64.7 Å². The Morgan fingerprint density at radius 1 is 0.944 bits per heavy atom. The Labute approximate surface area is 216 Å². The quantitative estimate of drug-likeness (QED) is 0.455. The van der Waals surface area contributed by atoms with Crippen LogP contribution in [0.3, 0.4) is 0 Å². The minimum Gasteiger partial charge on any atom is -0.354 e. The first-order valence-electron chi connectivity index (χ1n) is 12.5. The fraction of sp³-hybridized carbons (Fsp3) is 0.500. The lowest BCUT2D eigenvalue weighted by Gasteiger charge is -2.30. The number of sulfonamides is 1. The average Bonchev–Trinajstić information content (AvgIpc) is 2.80. The molecule has 0 unspecified atom stereocenters. The Hall–Kier alpha value is -2.87. The van der Waals surface area contributed by atoms with E-state index >= 15 is 0 Å². The molecule has 1 N–H and O–H groups in total. The van der Waals surface area contributed by atoms with Crippen LogP contribution in [0.2, 0.25) is 0 Å². The Bertz CT molecular complexity index is 1140. The van der Waals surface area contributed by atoms with E-state index in [0.717, 1.165) is 22.3 Å². The molecular formula is C28H41N3O4S. The molecule has 2 aromatic carbocycles. The number of hydrogen-bond acceptors (Lipinski definition) is 4. The summed E-state index contributed by atoms with van der Waals surface area (Å²) in [5.74, 6) is -0.0797. The number of carbonyl (C=O) groups is 2. The van der Waals surface area contributed by atoms with Crippen molar-refractivity contribution in [1.29, 1.82) is 0 Å². The predicted molar refractivity (Wildman–Crippen MR) is 146 cm³/mol. The van der Waals surface area contributed by atoms with Crippen molar-refractivity contribution < 1.29 is 18.0 Å². The summed E-state index contributed by atoms with van der Waals surface area (Å²) in [7, 11) is -3.53. The predicted octanol–water partition coefficient (Wildman–Crippen LogP) is 4.35. The lowest BCUT2D eigenvalue weighted by molar-refractivity contribution is -0.140. The molecule has 0 aliphatic carbocycles. The van der Waals surface area contributed by atoms with E-state index in [1.807, 2.05) is 77.1 Å². The Morgan fingerprint density at radius 2 is 1.56 bits per heavy atom. The van der Waals surface area contributed by atoms with Crippen molar-refractivity contribution >= 4 is 27.5 Å². The Kier molecular flexibility index (Phi) is 10.5. The molecule has 198 valence electrons. The number of aryl methyl sites for hydroxylation is 3. The van der Waals surface area contributed by atoms with Gasteiger partial charge in [-0.2, -0.15) is 0 Å². The van der Waals surface area contributed by atoms with Gasteiger partial charge in [-0.25, -0.2) is 8.42 Å². The monoisotopic (exact) mass is 515 g/mol. The minimum absolute atomic E-state index is 0.130. The zero-order valence-corrected chi connectivity index (χ0v) is 23.5. The molecule has 0 aliphatic rings. The van der Waals surface area contributed by atoms with Gasteiger partial charge < -0.3 is 10.2 Å². The molecular weight excluding hydrogens is 474 g/mol. The largest absolute Gasteiger partial charge is 0.354 e. The van der Waals surface area contributed by atoms with Gasteiger partial charge in [0.1, 0.15) is 6.04 Å². The van der Waals surface area contributed by atoms with Gasteiger partial charge in [0.15, 0.2) is 0 Å². The lowest BCUT2D eigenvalue weighted by atomic mass is 10.1. The van der Waals surface area contributed by atoms with Gasteiger partial charge in [0, 0.05) is 26.1 Å². The number of carbonyl (C=O) groups excluding carboxylic acids is 2. The average molecular weight is 516 g/mol. The molecule has 0 fully saturated rings. The van der Waals surface area contributed by atoms with Gasteiger partial charge in [0.2, 0.25) is 21.8 Å². The normalized spacial score (nSPS) is 12.3. The molecule has 1 atom stereocenters. The van der Waals surface area contributed by atoms with Crippen molar-refractivity contribution in [3.63, 3.8) is 0 Å². The van der Waals surface area contributed by atoms with E-state index in [9.17, 15) is 18.0 Å². The highest BCUT2D eigenvalue weighted by Gasteiger charge is 2.27. The number of nitrogens with one attached hydrogen (secondary N) is 1. The van der Waals surface area contributed by atoms with E-state index < -0.39 is 16.1 Å². The molecule has 0 heterocycles. The van der Waals surface area contributed by atoms with Crippen LogP contribution in [0.5, 0.6) is 0 Å². The summed E-state index contributed by atoms with van der Waals surface area (Å²) < 4.78 is 26.5. The maximum Gasteiger partial charge on any atom is 0.242 e. The number of rotatable bonds is 12. The van der Waals surface area contributed by atoms with E-state index in [-0.39, 0.29) is 24.8 Å². The molecule has 0 spiro atoms. The van der Waals surface area contributed by atoms with Crippen LogP contribution < -0.4 is 9.62 Å². The standard InChI is InChI=1S/C28H41N3O4S/c1-20(2)18-29-28(33)24(6)30(19-25-14-11-21(3)12-15-25)27(32)9-8-16-31(36(7,34)35)26-17-22(4)10-13-23(26)5/h10-15,17,20,24H,8-9,16,18-19H2,1-7H3,(H,29,33)/t24-/m0/s1. The molecule has 0 saturated carbocycles. The fourth-order valence-electron chi connectivity index (χ4n) is 3.90. The fourth-order valence-corrected chi connectivity index (χ4v) is 4.91. The second kappa shape index (κ2) is 12.9. The second-order valence-corrected chi connectivity index (χ2v) is 12.0. The van der Waals surface area contributed by atoms with E-state index in [4.69, 9.17) is 0 Å². The zero-order chi connectivity index (χ0) is 27.0. The Morgan fingerprint density at radius 3 is 2.14 bits per heavy atom. The van der Waals surface area contributed by atoms with Crippen molar-refractivity contribution in [2.45, 2.75) is 67.0 Å². The third-order valence-electron chi connectivity index (χ3n) is 6.11. The van der Waals surface area contributed by atoms with Crippen LogP contribution in [-0.2, 0) is 26.2 Å². The SMILES string of the molecule is Cc1ccc(CN(C(=O)CCCN(c2cc(C)ccc2C)S(C)(=O)=O)[C@@H](C)C(=O)NCC(C)C)cc1. The number of benzene rings is 2. The van der Waals surface area contributed by atoms with Crippen LogP contribution in [0.1, 0.15) is 55.9 Å². The molecule has 7 nitrogen and oxygen atoms in total. The minimum atomic E-state index is -3.53. The van der Waals surface area contributed by atoms with Gasteiger partial charge in [0.05, 0.1) is 11.9 Å². The molecule has 0 aromatic heterocycles. The third kappa shape index (κ3) is 8.66. The van der Waals surface area contributed by atoms with Crippen LogP contribution in [-0.4, -0.2) is 50.5 Å². The number of amides is 2. The zero-order valence-electron chi connectivity index (χ0n) is 22.7. The van der Waals surface area contributed by atoms with Crippen LogP contribution in [0, 0.1) is 26.7 Å². The van der Waals surface area contributed by atoms with Gasteiger partial charge in [0.25, 0.3) is 0 Å². The van der Waals surface area contributed by atoms with Crippen LogP contribution in [0.4, 0.5) is 5.69 Å². The van der Waals surface area contributed by atoms with Crippen molar-refractivity contribution in [1.82, 2.24) is 10.2 Å². The first-order valence-corrected chi connectivity index (χ1v) is 14.3. The number of anilines is 1. The smallest absolute Gasteiger partial charge is 0.242 e. The van der Waals surface area contributed by atoms with Crippen molar-refractivity contribution in [3.8, 4) is 0 Å². The summed E-state index contributed by atoms with van der Waals surface area (Å²) in [5, 5.41) is 2.92. The topological polar surface area (TPSA) is 86.8 Å². The highest BCUT2D eigenvalue weighted by molar-refractivity contribution is 7.92. The molecule has 2 aromatic rings. The molecule has 0 aliphatic heterocycles. The molecule has 36 heavy (non-hydrogen) atoms. The maximum atomic E-state index is 13.4. The first-order chi connectivity index (χ1) is 16.8. The van der Waals surface area contributed by atoms with Gasteiger partial charge >= 0.3 is 0 Å². The van der Waals surface area contributed by atoms with Gasteiger partial charge in [-0.3, -0.25) is 13.9 Å². The Balaban J connectivity index is 2.18. The van der Waals surface area contributed by atoms with Crippen molar-refractivity contribution in [2.75, 3.05) is 23.7 Å². The van der Waals surface area contributed by atoms with Gasteiger partial charge in [-0.1, -0.05) is 55.8 Å².